The molecule has 0 aliphatic carbocycles. The number of halogens is 5. The standard InChI is InChI=1S/C25H16Cl2F3NO5/c1-13-3-2-4-16(9-13)35-23-22(33)17-7-6-15(11-20(17)36-24(23)25(28,29)30)34-12-21(32)31-19-10-14(26)5-8-18(19)27/h2-11H,12H2,1H3,(H,31,32). The zero-order valence-electron chi connectivity index (χ0n) is 18.4. The van der Waals surface area contributed by atoms with E-state index in [2.05, 4.69) is 5.32 Å². The van der Waals surface area contributed by atoms with Crippen LogP contribution in [0, 0.1) is 6.92 Å². The maximum atomic E-state index is 13.7. The minimum atomic E-state index is -5.01. The summed E-state index contributed by atoms with van der Waals surface area (Å²) in [7, 11) is 0. The van der Waals surface area contributed by atoms with Crippen molar-refractivity contribution in [2.75, 3.05) is 11.9 Å². The van der Waals surface area contributed by atoms with Crippen molar-refractivity contribution in [3.8, 4) is 17.2 Å². The van der Waals surface area contributed by atoms with Crippen LogP contribution in [0.25, 0.3) is 11.0 Å². The molecule has 0 unspecified atom stereocenters. The summed E-state index contributed by atoms with van der Waals surface area (Å²) in [5, 5.41) is 2.96. The van der Waals surface area contributed by atoms with Crippen molar-refractivity contribution < 1.29 is 31.9 Å². The van der Waals surface area contributed by atoms with Gasteiger partial charge in [-0.2, -0.15) is 13.2 Å². The second-order valence-corrected chi connectivity index (χ2v) is 8.47. The number of carbonyl (C=O) groups excluding carboxylic acids is 1. The van der Waals surface area contributed by atoms with Crippen molar-refractivity contribution in [2.24, 2.45) is 0 Å². The summed E-state index contributed by atoms with van der Waals surface area (Å²) in [6, 6.07) is 14.4. The van der Waals surface area contributed by atoms with E-state index >= 15 is 0 Å². The predicted octanol–water partition coefficient (Wildman–Crippen LogP) is 7.24. The number of rotatable bonds is 6. The van der Waals surface area contributed by atoms with Crippen molar-refractivity contribution >= 4 is 45.8 Å². The van der Waals surface area contributed by atoms with Crippen LogP contribution in [0.5, 0.6) is 17.2 Å². The molecule has 0 atom stereocenters. The van der Waals surface area contributed by atoms with Gasteiger partial charge in [-0.15, -0.1) is 0 Å². The highest BCUT2D eigenvalue weighted by molar-refractivity contribution is 6.35. The first-order chi connectivity index (χ1) is 17.0. The summed E-state index contributed by atoms with van der Waals surface area (Å²) >= 11 is 11.9. The summed E-state index contributed by atoms with van der Waals surface area (Å²) in [5.74, 6) is -3.12. The van der Waals surface area contributed by atoms with E-state index in [9.17, 15) is 22.8 Å². The molecule has 186 valence electrons. The molecule has 0 bridgehead atoms. The van der Waals surface area contributed by atoms with Crippen LogP contribution in [0.1, 0.15) is 11.3 Å². The summed E-state index contributed by atoms with van der Waals surface area (Å²) in [5.41, 5.74) is -0.405. The Balaban J connectivity index is 1.61. The van der Waals surface area contributed by atoms with Crippen molar-refractivity contribution in [1.82, 2.24) is 0 Å². The molecule has 6 nitrogen and oxygen atoms in total. The van der Waals surface area contributed by atoms with Gasteiger partial charge in [0.1, 0.15) is 17.1 Å². The summed E-state index contributed by atoms with van der Waals surface area (Å²) in [4.78, 5) is 25.1. The number of carbonyl (C=O) groups is 1. The van der Waals surface area contributed by atoms with E-state index < -0.39 is 35.6 Å². The van der Waals surface area contributed by atoms with Crippen LogP contribution < -0.4 is 20.2 Å². The largest absolute Gasteiger partial charge is 0.484 e. The van der Waals surface area contributed by atoms with Crippen LogP contribution in [-0.2, 0) is 11.0 Å². The number of benzene rings is 3. The molecule has 11 heteroatoms. The average molecular weight is 538 g/mol. The Kier molecular flexibility index (Phi) is 7.14. The Hall–Kier alpha value is -3.69. The van der Waals surface area contributed by atoms with E-state index in [1.807, 2.05) is 0 Å². The maximum Gasteiger partial charge on any atom is 0.453 e. The monoisotopic (exact) mass is 537 g/mol. The van der Waals surface area contributed by atoms with Crippen molar-refractivity contribution in [1.29, 1.82) is 0 Å². The third kappa shape index (κ3) is 5.75. The van der Waals surface area contributed by atoms with Gasteiger partial charge >= 0.3 is 6.18 Å². The lowest BCUT2D eigenvalue weighted by Gasteiger charge is -2.14. The molecule has 4 aromatic rings. The van der Waals surface area contributed by atoms with Crippen LogP contribution in [0.2, 0.25) is 10.0 Å². The highest BCUT2D eigenvalue weighted by Crippen LogP contribution is 2.38. The van der Waals surface area contributed by atoms with Crippen molar-refractivity contribution in [3.63, 3.8) is 0 Å². The second kappa shape index (κ2) is 10.1. The molecule has 0 aliphatic heterocycles. The molecule has 0 saturated heterocycles. The summed E-state index contributed by atoms with van der Waals surface area (Å²) in [6.45, 7) is 1.23. The van der Waals surface area contributed by atoms with Gasteiger partial charge in [0, 0.05) is 11.1 Å². The Bertz CT molecular complexity index is 1520. The molecule has 1 N–H and O–H groups in total. The van der Waals surface area contributed by atoms with Crippen LogP contribution in [0.4, 0.5) is 18.9 Å². The van der Waals surface area contributed by atoms with Crippen molar-refractivity contribution in [3.05, 3.63) is 92.3 Å². The lowest BCUT2D eigenvalue weighted by molar-refractivity contribution is -0.154. The normalized spacial score (nSPS) is 11.4. The highest BCUT2D eigenvalue weighted by Gasteiger charge is 2.40. The van der Waals surface area contributed by atoms with E-state index in [0.717, 1.165) is 11.6 Å². The van der Waals surface area contributed by atoms with E-state index in [0.29, 0.717) is 5.02 Å². The van der Waals surface area contributed by atoms with E-state index in [1.165, 1.54) is 36.4 Å². The fourth-order valence-corrected chi connectivity index (χ4v) is 3.59. The predicted molar refractivity (Wildman–Crippen MR) is 129 cm³/mol. The maximum absolute atomic E-state index is 13.7. The average Bonchev–Trinajstić information content (AvgIpc) is 2.81. The second-order valence-electron chi connectivity index (χ2n) is 7.62. The van der Waals surface area contributed by atoms with Gasteiger partial charge in [-0.25, -0.2) is 0 Å². The first kappa shape index (κ1) is 25.4. The van der Waals surface area contributed by atoms with Gasteiger partial charge < -0.3 is 19.2 Å². The fourth-order valence-electron chi connectivity index (χ4n) is 3.25. The Morgan fingerprint density at radius 2 is 1.81 bits per heavy atom. The molecule has 4 rings (SSSR count). The number of aryl methyl sites for hydroxylation is 1. The number of ether oxygens (including phenoxy) is 2. The number of alkyl halides is 3. The topological polar surface area (TPSA) is 77.8 Å². The lowest BCUT2D eigenvalue weighted by Crippen LogP contribution is -2.20. The molecule has 1 heterocycles. The molecule has 1 aromatic heterocycles. The Labute approximate surface area is 212 Å². The molecule has 1 amide bonds. The van der Waals surface area contributed by atoms with Crippen LogP contribution in [-0.4, -0.2) is 12.5 Å². The van der Waals surface area contributed by atoms with Crippen LogP contribution >= 0.6 is 23.2 Å². The third-order valence-corrected chi connectivity index (χ3v) is 5.43. The zero-order chi connectivity index (χ0) is 26.0. The number of fused-ring (bicyclic) bond motifs is 1. The van der Waals surface area contributed by atoms with E-state index in [4.69, 9.17) is 37.1 Å². The van der Waals surface area contributed by atoms with Gasteiger partial charge in [0.05, 0.1) is 16.1 Å². The van der Waals surface area contributed by atoms with Gasteiger partial charge in [-0.1, -0.05) is 35.3 Å². The molecular weight excluding hydrogens is 522 g/mol. The molecule has 3 aromatic carbocycles. The van der Waals surface area contributed by atoms with Gasteiger partial charge in [-0.05, 0) is 55.0 Å². The number of anilines is 1. The smallest absolute Gasteiger partial charge is 0.453 e. The molecule has 0 radical (unpaired) electrons. The van der Waals surface area contributed by atoms with Gasteiger partial charge in [0.15, 0.2) is 6.61 Å². The SMILES string of the molecule is Cc1cccc(Oc2c(C(F)(F)F)oc3cc(OCC(=O)Nc4cc(Cl)ccc4Cl)ccc3c2=O)c1. The first-order valence-electron chi connectivity index (χ1n) is 10.3. The lowest BCUT2D eigenvalue weighted by atomic mass is 10.2. The molecule has 0 fully saturated rings. The molecule has 0 spiro atoms. The molecule has 36 heavy (non-hydrogen) atoms. The number of amides is 1. The Morgan fingerprint density at radius 1 is 1.03 bits per heavy atom. The summed E-state index contributed by atoms with van der Waals surface area (Å²) < 4.78 is 57.0. The Morgan fingerprint density at radius 3 is 2.53 bits per heavy atom. The minimum absolute atomic E-state index is 0.00142. The zero-order valence-corrected chi connectivity index (χ0v) is 19.9. The first-order valence-corrected chi connectivity index (χ1v) is 11.1. The molecular formula is C25H16Cl2F3NO5. The van der Waals surface area contributed by atoms with Gasteiger partial charge in [0.25, 0.3) is 11.7 Å². The van der Waals surface area contributed by atoms with Gasteiger partial charge in [-0.3, -0.25) is 9.59 Å². The van der Waals surface area contributed by atoms with Crippen LogP contribution in [0.3, 0.4) is 0 Å². The van der Waals surface area contributed by atoms with E-state index in [1.54, 1.807) is 25.1 Å². The quantitative estimate of drug-likeness (QED) is 0.280. The number of hydrogen-bond donors (Lipinski definition) is 1. The van der Waals surface area contributed by atoms with E-state index in [-0.39, 0.29) is 33.2 Å². The summed E-state index contributed by atoms with van der Waals surface area (Å²) in [6.07, 6.45) is -5.01. The van der Waals surface area contributed by atoms with Crippen LogP contribution in [0.15, 0.2) is 69.9 Å². The minimum Gasteiger partial charge on any atom is -0.484 e. The third-order valence-electron chi connectivity index (χ3n) is 4.86. The number of nitrogens with one attached hydrogen (secondary N) is 1. The molecule has 0 aliphatic rings. The van der Waals surface area contributed by atoms with Crippen molar-refractivity contribution in [2.45, 2.75) is 13.1 Å². The number of hydrogen-bond acceptors (Lipinski definition) is 5. The fraction of sp³-hybridized carbons (Fsp3) is 0.120. The van der Waals surface area contributed by atoms with Gasteiger partial charge in [0.2, 0.25) is 11.2 Å². The molecule has 0 saturated carbocycles. The highest BCUT2D eigenvalue weighted by atomic mass is 35.5.